The Balaban J connectivity index is 2.10. The minimum Gasteiger partial charge on any atom is -0.420 e. The summed E-state index contributed by atoms with van der Waals surface area (Å²) < 4.78 is 32.7. The highest BCUT2D eigenvalue weighted by Gasteiger charge is 2.52. The van der Waals surface area contributed by atoms with Crippen molar-refractivity contribution in [2.45, 2.75) is 102 Å². The molecular weight excluding hydrogens is 425 g/mol. The molecule has 0 bridgehead atoms. The molecule has 10 heteroatoms. The SMILES string of the molecule is CCCC(CC[Si]1(C)O[Si](C)(C)O[Si](C)(C)O[Si](C)(C)O1)[SiH]1CCCCO1. The first-order valence-corrected chi connectivity index (χ1v) is 23.7. The third kappa shape index (κ3) is 7.91. The van der Waals surface area contributed by atoms with Crippen LogP contribution in [0.15, 0.2) is 0 Å². The smallest absolute Gasteiger partial charge is 0.317 e. The van der Waals surface area contributed by atoms with E-state index in [9.17, 15) is 0 Å². The van der Waals surface area contributed by atoms with E-state index >= 15 is 0 Å². The van der Waals surface area contributed by atoms with Gasteiger partial charge in [0, 0.05) is 6.61 Å². The Morgan fingerprint density at radius 1 is 0.778 bits per heavy atom. The predicted molar refractivity (Wildman–Crippen MR) is 124 cm³/mol. The van der Waals surface area contributed by atoms with Crippen molar-refractivity contribution in [1.29, 1.82) is 0 Å². The minimum absolute atomic E-state index is 0.750. The summed E-state index contributed by atoms with van der Waals surface area (Å²) in [4.78, 5) is 0. The molecule has 0 amide bonds. The standard InChI is InChI=1S/C17H42O5Si5/c1-9-12-17(23-15-11-10-14-18-23)13-16-27(8)21-25(4,5)19-24(2,3)20-26(6,7)22-27/h17,23H,9-16H2,1-8H3. The Hall–Kier alpha value is 0.884. The second-order valence-electron chi connectivity index (χ2n) is 9.73. The maximum absolute atomic E-state index is 6.75. The summed E-state index contributed by atoms with van der Waals surface area (Å²) in [6.07, 6.45) is 6.32. The molecule has 5 nitrogen and oxygen atoms in total. The first-order valence-electron chi connectivity index (χ1n) is 10.8. The molecule has 0 spiro atoms. The molecule has 0 radical (unpaired) electrons. The summed E-state index contributed by atoms with van der Waals surface area (Å²) in [6.45, 7) is 18.4. The van der Waals surface area contributed by atoms with Crippen LogP contribution >= 0.6 is 0 Å². The summed E-state index contributed by atoms with van der Waals surface area (Å²) in [6, 6.07) is 2.38. The fourth-order valence-electron chi connectivity index (χ4n) is 4.88. The van der Waals surface area contributed by atoms with Gasteiger partial charge in [0.15, 0.2) is 9.04 Å². The van der Waals surface area contributed by atoms with Crippen LogP contribution in [0.4, 0.5) is 0 Å². The highest BCUT2D eigenvalue weighted by Crippen LogP contribution is 2.37. The van der Waals surface area contributed by atoms with Crippen LogP contribution in [0.5, 0.6) is 0 Å². The van der Waals surface area contributed by atoms with Gasteiger partial charge in [-0.2, -0.15) is 0 Å². The predicted octanol–water partition coefficient (Wildman–Crippen LogP) is 5.34. The molecule has 2 fully saturated rings. The van der Waals surface area contributed by atoms with Gasteiger partial charge in [-0.05, 0) is 76.3 Å². The summed E-state index contributed by atoms with van der Waals surface area (Å²) in [5.41, 5.74) is 0.750. The number of hydrogen-bond acceptors (Lipinski definition) is 5. The molecule has 2 aliphatic rings. The van der Waals surface area contributed by atoms with Crippen LogP contribution in [-0.2, 0) is 20.9 Å². The van der Waals surface area contributed by atoms with E-state index in [-0.39, 0.29) is 0 Å². The van der Waals surface area contributed by atoms with E-state index in [1.807, 2.05) is 0 Å². The van der Waals surface area contributed by atoms with Gasteiger partial charge in [0.25, 0.3) is 0 Å². The normalized spacial score (nSPS) is 30.9. The molecule has 2 unspecified atom stereocenters. The average molecular weight is 467 g/mol. The van der Waals surface area contributed by atoms with Gasteiger partial charge in [0.2, 0.25) is 0 Å². The molecule has 0 aromatic carbocycles. The fourth-order valence-corrected chi connectivity index (χ4v) is 30.2. The van der Waals surface area contributed by atoms with E-state index in [4.69, 9.17) is 20.9 Å². The van der Waals surface area contributed by atoms with E-state index in [2.05, 4.69) is 52.8 Å². The molecule has 2 aliphatic heterocycles. The Labute approximate surface area is 173 Å². The highest BCUT2D eigenvalue weighted by atomic mass is 28.5. The molecule has 0 aromatic rings. The quantitative estimate of drug-likeness (QED) is 0.494. The summed E-state index contributed by atoms with van der Waals surface area (Å²) in [5.74, 6) is 0. The van der Waals surface area contributed by atoms with Crippen LogP contribution in [0.2, 0.25) is 63.5 Å². The van der Waals surface area contributed by atoms with Crippen molar-refractivity contribution in [1.82, 2.24) is 0 Å². The second kappa shape index (κ2) is 9.35. The third-order valence-electron chi connectivity index (χ3n) is 5.28. The lowest BCUT2D eigenvalue weighted by Gasteiger charge is -2.47. The molecule has 27 heavy (non-hydrogen) atoms. The zero-order chi connectivity index (χ0) is 20.3. The lowest BCUT2D eigenvalue weighted by molar-refractivity contribution is 0.233. The van der Waals surface area contributed by atoms with Crippen LogP contribution in [-0.4, -0.2) is 49.9 Å². The summed E-state index contributed by atoms with van der Waals surface area (Å²) in [7, 11) is -10.2. The van der Waals surface area contributed by atoms with Gasteiger partial charge in [-0.1, -0.05) is 26.2 Å². The lowest BCUT2D eigenvalue weighted by Crippen LogP contribution is -2.65. The van der Waals surface area contributed by atoms with Crippen LogP contribution < -0.4 is 0 Å². The van der Waals surface area contributed by atoms with Gasteiger partial charge in [0.05, 0.1) is 0 Å². The second-order valence-corrected chi connectivity index (χ2v) is 27.1. The van der Waals surface area contributed by atoms with Crippen LogP contribution in [0.3, 0.4) is 0 Å². The van der Waals surface area contributed by atoms with Gasteiger partial charge >= 0.3 is 34.2 Å². The third-order valence-corrected chi connectivity index (χ3v) is 25.1. The Morgan fingerprint density at radius 2 is 1.33 bits per heavy atom. The van der Waals surface area contributed by atoms with Gasteiger partial charge in [-0.3, -0.25) is 0 Å². The van der Waals surface area contributed by atoms with Crippen LogP contribution in [0, 0.1) is 0 Å². The van der Waals surface area contributed by atoms with Crippen LogP contribution in [0.25, 0.3) is 0 Å². The number of hydrogen-bond donors (Lipinski definition) is 0. The van der Waals surface area contributed by atoms with Crippen molar-refractivity contribution in [3.8, 4) is 0 Å². The van der Waals surface area contributed by atoms with Gasteiger partial charge in [-0.15, -0.1) is 0 Å². The first kappa shape index (κ1) is 24.2. The molecule has 2 rings (SSSR count). The van der Waals surface area contributed by atoms with Crippen molar-refractivity contribution in [2.75, 3.05) is 6.61 Å². The monoisotopic (exact) mass is 466 g/mol. The summed E-state index contributed by atoms with van der Waals surface area (Å²) in [5, 5.41) is 0. The molecule has 2 atom stereocenters. The van der Waals surface area contributed by atoms with E-state index < -0.39 is 43.3 Å². The minimum atomic E-state index is -2.35. The van der Waals surface area contributed by atoms with Crippen molar-refractivity contribution >= 4 is 43.3 Å². The van der Waals surface area contributed by atoms with Gasteiger partial charge in [0.1, 0.15) is 0 Å². The molecule has 160 valence electrons. The zero-order valence-electron chi connectivity index (χ0n) is 18.9. The van der Waals surface area contributed by atoms with E-state index in [0.29, 0.717) is 0 Å². The zero-order valence-corrected chi connectivity index (χ0v) is 24.0. The average Bonchev–Trinajstić information content (AvgIpc) is 2.47. The Bertz CT molecular complexity index is 460. The van der Waals surface area contributed by atoms with E-state index in [1.54, 1.807) is 0 Å². The molecule has 2 heterocycles. The van der Waals surface area contributed by atoms with Crippen molar-refractivity contribution in [3.05, 3.63) is 0 Å². The Morgan fingerprint density at radius 3 is 1.81 bits per heavy atom. The highest BCUT2D eigenvalue weighted by molar-refractivity contribution is 6.93. The topological polar surface area (TPSA) is 46.2 Å². The van der Waals surface area contributed by atoms with E-state index in [0.717, 1.165) is 18.2 Å². The van der Waals surface area contributed by atoms with Crippen molar-refractivity contribution in [3.63, 3.8) is 0 Å². The molecule has 0 aliphatic carbocycles. The Kier molecular flexibility index (Phi) is 8.37. The molecular formula is C17H42O5Si5. The lowest BCUT2D eigenvalue weighted by atomic mass is 10.2. The maximum atomic E-state index is 6.75. The van der Waals surface area contributed by atoms with Crippen molar-refractivity contribution < 1.29 is 20.9 Å². The van der Waals surface area contributed by atoms with E-state index in [1.165, 1.54) is 38.1 Å². The maximum Gasteiger partial charge on any atom is 0.317 e. The van der Waals surface area contributed by atoms with Crippen molar-refractivity contribution in [2.24, 2.45) is 0 Å². The van der Waals surface area contributed by atoms with Gasteiger partial charge in [-0.25, -0.2) is 0 Å². The van der Waals surface area contributed by atoms with Gasteiger partial charge < -0.3 is 20.9 Å². The molecule has 0 aromatic heterocycles. The van der Waals surface area contributed by atoms with Crippen LogP contribution in [0.1, 0.15) is 39.0 Å². The molecule has 2 saturated heterocycles. The summed E-state index contributed by atoms with van der Waals surface area (Å²) >= 11 is 0. The first-order chi connectivity index (χ1) is 12.4. The molecule has 0 N–H and O–H groups in total. The number of rotatable bonds is 6. The molecule has 0 saturated carbocycles. The fraction of sp³-hybridized carbons (Fsp3) is 1.00. The largest absolute Gasteiger partial charge is 0.420 e.